The number of hydrogen-bond acceptors (Lipinski definition) is 3. The van der Waals surface area contributed by atoms with Crippen molar-refractivity contribution in [3.05, 3.63) is 29.8 Å². The van der Waals surface area contributed by atoms with Crippen LogP contribution in [0.2, 0.25) is 0 Å². The van der Waals surface area contributed by atoms with E-state index in [-0.39, 0.29) is 11.6 Å². The molecular weight excluding hydrogens is 216 g/mol. The molecule has 1 aliphatic carbocycles. The van der Waals surface area contributed by atoms with Crippen molar-refractivity contribution >= 4 is 11.8 Å². The van der Waals surface area contributed by atoms with Crippen LogP contribution in [0, 0.1) is 0 Å². The Hall–Kier alpha value is -1.55. The first-order valence-electron chi connectivity index (χ1n) is 6.01. The molecule has 3 rings (SSSR count). The number of carbonyl (C=O) groups excluding carboxylic acids is 1. The number of amides is 1. The molecule has 1 heterocycles. The first-order valence-corrected chi connectivity index (χ1v) is 6.01. The third-order valence-corrected chi connectivity index (χ3v) is 3.71. The van der Waals surface area contributed by atoms with Gasteiger partial charge in [-0.05, 0) is 30.5 Å². The first kappa shape index (κ1) is 10.6. The van der Waals surface area contributed by atoms with Crippen molar-refractivity contribution in [2.45, 2.75) is 31.3 Å². The summed E-state index contributed by atoms with van der Waals surface area (Å²) in [7, 11) is 0. The zero-order valence-corrected chi connectivity index (χ0v) is 9.69. The maximum Gasteiger partial charge on any atom is 0.414 e. The summed E-state index contributed by atoms with van der Waals surface area (Å²) < 4.78 is 5.14. The summed E-state index contributed by atoms with van der Waals surface area (Å²) in [5, 5.41) is 0. The Labute approximate surface area is 100 Å². The quantitative estimate of drug-likeness (QED) is 0.848. The summed E-state index contributed by atoms with van der Waals surface area (Å²) in [6, 6.07) is 7.84. The highest BCUT2D eigenvalue weighted by molar-refractivity contribution is 5.91. The topological polar surface area (TPSA) is 55.6 Å². The van der Waals surface area contributed by atoms with Crippen molar-refractivity contribution in [2.75, 3.05) is 11.5 Å². The predicted octanol–water partition coefficient (Wildman–Crippen LogP) is 2.02. The Morgan fingerprint density at radius 1 is 1.24 bits per heavy atom. The number of ether oxygens (including phenoxy) is 1. The molecule has 2 fully saturated rings. The average molecular weight is 232 g/mol. The molecule has 17 heavy (non-hydrogen) atoms. The van der Waals surface area contributed by atoms with Crippen LogP contribution in [0.3, 0.4) is 0 Å². The number of benzene rings is 1. The summed E-state index contributed by atoms with van der Waals surface area (Å²) in [5.74, 6) is 0. The molecule has 2 aliphatic rings. The minimum atomic E-state index is -0.214. The lowest BCUT2D eigenvalue weighted by Crippen LogP contribution is -2.47. The van der Waals surface area contributed by atoms with Gasteiger partial charge in [-0.2, -0.15) is 0 Å². The van der Waals surface area contributed by atoms with Crippen LogP contribution >= 0.6 is 0 Å². The molecule has 90 valence electrons. The lowest BCUT2D eigenvalue weighted by molar-refractivity contribution is 0.126. The fraction of sp³-hybridized carbons (Fsp3) is 0.462. The minimum Gasteiger partial charge on any atom is -0.449 e. The third-order valence-electron chi connectivity index (χ3n) is 3.71. The molecule has 4 nitrogen and oxygen atoms in total. The van der Waals surface area contributed by atoms with Gasteiger partial charge in [-0.1, -0.05) is 12.1 Å². The van der Waals surface area contributed by atoms with Gasteiger partial charge in [-0.3, -0.25) is 4.90 Å². The zero-order chi connectivity index (χ0) is 11.9. The SMILES string of the molecule is NCc1ccc(N2C(=O)OCCC23CC3)cc1. The highest BCUT2D eigenvalue weighted by Gasteiger charge is 2.53. The van der Waals surface area contributed by atoms with Crippen molar-refractivity contribution < 1.29 is 9.53 Å². The number of carbonyl (C=O) groups is 1. The molecule has 4 heteroatoms. The molecule has 0 bridgehead atoms. The van der Waals surface area contributed by atoms with E-state index in [1.807, 2.05) is 29.2 Å². The van der Waals surface area contributed by atoms with Gasteiger partial charge in [0, 0.05) is 18.7 Å². The van der Waals surface area contributed by atoms with E-state index in [1.165, 1.54) is 0 Å². The highest BCUT2D eigenvalue weighted by Crippen LogP contribution is 2.48. The summed E-state index contributed by atoms with van der Waals surface area (Å²) >= 11 is 0. The van der Waals surface area contributed by atoms with Crippen molar-refractivity contribution in [3.8, 4) is 0 Å². The standard InChI is InChI=1S/C13H16N2O2/c14-9-10-1-3-11(4-2-10)15-12(16)17-8-7-13(15)5-6-13/h1-4H,5-9,14H2. The van der Waals surface area contributed by atoms with Crippen LogP contribution in [-0.4, -0.2) is 18.2 Å². The molecule has 1 aliphatic heterocycles. The van der Waals surface area contributed by atoms with Gasteiger partial charge in [0.15, 0.2) is 0 Å². The van der Waals surface area contributed by atoms with Crippen molar-refractivity contribution in [1.82, 2.24) is 0 Å². The van der Waals surface area contributed by atoms with Crippen molar-refractivity contribution in [1.29, 1.82) is 0 Å². The molecule has 0 atom stereocenters. The fourth-order valence-electron chi connectivity index (χ4n) is 2.48. The molecule has 2 N–H and O–H groups in total. The monoisotopic (exact) mass is 232 g/mol. The molecule has 0 aromatic heterocycles. The largest absolute Gasteiger partial charge is 0.449 e. The molecule has 0 radical (unpaired) electrons. The van der Waals surface area contributed by atoms with Gasteiger partial charge in [0.1, 0.15) is 0 Å². The Morgan fingerprint density at radius 3 is 2.53 bits per heavy atom. The van der Waals surface area contributed by atoms with Gasteiger partial charge >= 0.3 is 6.09 Å². The van der Waals surface area contributed by atoms with Gasteiger partial charge in [0.2, 0.25) is 0 Å². The minimum absolute atomic E-state index is 0.0412. The van der Waals surface area contributed by atoms with Gasteiger partial charge < -0.3 is 10.5 Å². The van der Waals surface area contributed by atoms with Crippen LogP contribution in [0.1, 0.15) is 24.8 Å². The molecule has 0 unspecified atom stereocenters. The van der Waals surface area contributed by atoms with E-state index in [0.717, 1.165) is 30.5 Å². The highest BCUT2D eigenvalue weighted by atomic mass is 16.6. The van der Waals surface area contributed by atoms with Crippen LogP contribution < -0.4 is 10.6 Å². The van der Waals surface area contributed by atoms with Crippen molar-refractivity contribution in [3.63, 3.8) is 0 Å². The van der Waals surface area contributed by atoms with E-state index in [9.17, 15) is 4.79 Å². The second-order valence-electron chi connectivity index (χ2n) is 4.79. The van der Waals surface area contributed by atoms with Crippen LogP contribution in [0.25, 0.3) is 0 Å². The van der Waals surface area contributed by atoms with Gasteiger partial charge in [0.05, 0.1) is 12.1 Å². The van der Waals surface area contributed by atoms with Crippen LogP contribution in [-0.2, 0) is 11.3 Å². The van der Waals surface area contributed by atoms with E-state index in [1.54, 1.807) is 0 Å². The Bertz CT molecular complexity index is 437. The Morgan fingerprint density at radius 2 is 1.94 bits per heavy atom. The molecule has 1 amide bonds. The summed E-state index contributed by atoms with van der Waals surface area (Å²) in [4.78, 5) is 13.7. The lowest BCUT2D eigenvalue weighted by atomic mass is 10.1. The number of anilines is 1. The molecule has 1 aromatic carbocycles. The number of cyclic esters (lactones) is 1. The number of nitrogens with zero attached hydrogens (tertiary/aromatic N) is 1. The van der Waals surface area contributed by atoms with Gasteiger partial charge in [-0.25, -0.2) is 4.79 Å². The van der Waals surface area contributed by atoms with E-state index in [0.29, 0.717) is 13.2 Å². The molecule has 1 saturated heterocycles. The molecule has 1 aromatic rings. The van der Waals surface area contributed by atoms with E-state index in [2.05, 4.69) is 0 Å². The van der Waals surface area contributed by atoms with Crippen LogP contribution in [0.15, 0.2) is 24.3 Å². The summed E-state index contributed by atoms with van der Waals surface area (Å²) in [6.07, 6.45) is 2.90. The number of nitrogens with two attached hydrogens (primary N) is 1. The maximum atomic E-state index is 11.9. The lowest BCUT2D eigenvalue weighted by Gasteiger charge is -2.35. The first-order chi connectivity index (χ1) is 8.25. The summed E-state index contributed by atoms with van der Waals surface area (Å²) in [5.41, 5.74) is 7.60. The van der Waals surface area contributed by atoms with E-state index < -0.39 is 0 Å². The maximum absolute atomic E-state index is 11.9. The smallest absolute Gasteiger partial charge is 0.414 e. The third kappa shape index (κ3) is 1.69. The van der Waals surface area contributed by atoms with E-state index in [4.69, 9.17) is 10.5 Å². The zero-order valence-electron chi connectivity index (χ0n) is 9.69. The predicted molar refractivity (Wildman–Crippen MR) is 64.7 cm³/mol. The van der Waals surface area contributed by atoms with Crippen molar-refractivity contribution in [2.24, 2.45) is 5.73 Å². The van der Waals surface area contributed by atoms with Gasteiger partial charge in [-0.15, -0.1) is 0 Å². The molecule has 1 spiro atoms. The second kappa shape index (κ2) is 3.74. The normalized spacial score (nSPS) is 21.5. The molecular formula is C13H16N2O2. The van der Waals surface area contributed by atoms with Crippen LogP contribution in [0.5, 0.6) is 0 Å². The fourth-order valence-corrected chi connectivity index (χ4v) is 2.48. The van der Waals surface area contributed by atoms with E-state index >= 15 is 0 Å². The Balaban J connectivity index is 1.92. The second-order valence-corrected chi connectivity index (χ2v) is 4.79. The van der Waals surface area contributed by atoms with Crippen LogP contribution in [0.4, 0.5) is 10.5 Å². The number of rotatable bonds is 2. The average Bonchev–Trinajstić information content (AvgIpc) is 3.10. The number of hydrogen-bond donors (Lipinski definition) is 1. The molecule has 1 saturated carbocycles. The summed E-state index contributed by atoms with van der Waals surface area (Å²) in [6.45, 7) is 1.08. The Kier molecular flexibility index (Phi) is 2.33. The van der Waals surface area contributed by atoms with Gasteiger partial charge in [0.25, 0.3) is 0 Å².